The fourth-order valence-electron chi connectivity index (χ4n) is 4.24. The summed E-state index contributed by atoms with van der Waals surface area (Å²) in [5, 5.41) is 6.68. The second-order valence-electron chi connectivity index (χ2n) is 7.77. The predicted molar refractivity (Wildman–Crippen MR) is 109 cm³/mol. The molecule has 28 heavy (non-hydrogen) atoms. The van der Waals surface area contributed by atoms with Gasteiger partial charge in [0.05, 0.1) is 12.5 Å². The Morgan fingerprint density at radius 3 is 2.39 bits per heavy atom. The number of carbonyl (C=O) groups is 2. The molecule has 0 spiro atoms. The summed E-state index contributed by atoms with van der Waals surface area (Å²) in [6, 6.07) is 19.5. The van der Waals surface area contributed by atoms with E-state index in [-0.39, 0.29) is 24.3 Å². The average molecular weight is 377 g/mol. The Kier molecular flexibility index (Phi) is 5.72. The Morgan fingerprint density at radius 1 is 0.964 bits per heavy atom. The molecule has 0 radical (unpaired) electrons. The summed E-state index contributed by atoms with van der Waals surface area (Å²) in [6.45, 7) is 1.56. The first kappa shape index (κ1) is 18.7. The van der Waals surface area contributed by atoms with Crippen LogP contribution in [0.1, 0.15) is 47.6 Å². The van der Waals surface area contributed by atoms with Crippen LogP contribution in [0.15, 0.2) is 60.7 Å². The van der Waals surface area contributed by atoms with Crippen molar-refractivity contribution in [2.75, 3.05) is 13.1 Å². The lowest BCUT2D eigenvalue weighted by Gasteiger charge is -2.27. The number of nitrogens with zero attached hydrogens (tertiary/aromatic N) is 1. The van der Waals surface area contributed by atoms with Crippen LogP contribution >= 0.6 is 0 Å². The van der Waals surface area contributed by atoms with Crippen LogP contribution in [-0.4, -0.2) is 41.9 Å². The summed E-state index contributed by atoms with van der Waals surface area (Å²) in [7, 11) is 0. The summed E-state index contributed by atoms with van der Waals surface area (Å²) >= 11 is 0. The van der Waals surface area contributed by atoms with Gasteiger partial charge in [-0.3, -0.25) is 9.59 Å². The molecule has 2 N–H and O–H groups in total. The summed E-state index contributed by atoms with van der Waals surface area (Å²) in [6.07, 6.45) is 3.64. The molecular weight excluding hydrogens is 350 g/mol. The van der Waals surface area contributed by atoms with Crippen molar-refractivity contribution in [1.82, 2.24) is 15.5 Å². The topological polar surface area (TPSA) is 61.4 Å². The maximum absolute atomic E-state index is 13.1. The molecule has 0 aliphatic carbocycles. The molecule has 0 saturated carbocycles. The second kappa shape index (κ2) is 8.57. The highest BCUT2D eigenvalue weighted by Gasteiger charge is 2.32. The lowest BCUT2D eigenvalue weighted by Crippen LogP contribution is -2.41. The molecule has 2 aliphatic rings. The van der Waals surface area contributed by atoms with E-state index in [0.29, 0.717) is 17.6 Å². The molecule has 5 heteroatoms. The second-order valence-corrected chi connectivity index (χ2v) is 7.77. The van der Waals surface area contributed by atoms with Gasteiger partial charge in [-0.1, -0.05) is 48.5 Å². The first-order chi connectivity index (χ1) is 13.7. The van der Waals surface area contributed by atoms with Crippen LogP contribution in [0.5, 0.6) is 0 Å². The van der Waals surface area contributed by atoms with Crippen molar-refractivity contribution in [2.45, 2.75) is 43.8 Å². The van der Waals surface area contributed by atoms with Gasteiger partial charge in [-0.15, -0.1) is 0 Å². The van der Waals surface area contributed by atoms with Crippen LogP contribution < -0.4 is 10.6 Å². The van der Waals surface area contributed by atoms with Crippen LogP contribution in [0, 0.1) is 0 Å². The Balaban J connectivity index is 1.47. The van der Waals surface area contributed by atoms with Crippen molar-refractivity contribution in [3.05, 3.63) is 71.8 Å². The van der Waals surface area contributed by atoms with Gasteiger partial charge in [0.2, 0.25) is 5.91 Å². The predicted octanol–water partition coefficient (Wildman–Crippen LogP) is 2.90. The highest BCUT2D eigenvalue weighted by Crippen LogP contribution is 2.23. The van der Waals surface area contributed by atoms with Crippen LogP contribution in [0.3, 0.4) is 0 Å². The molecule has 2 aliphatic heterocycles. The number of benzene rings is 2. The maximum atomic E-state index is 13.1. The van der Waals surface area contributed by atoms with E-state index in [1.165, 1.54) is 6.42 Å². The molecule has 2 heterocycles. The zero-order chi connectivity index (χ0) is 19.3. The number of carbonyl (C=O) groups excluding carboxylic acids is 2. The van der Waals surface area contributed by atoms with Gasteiger partial charge in [-0.25, -0.2) is 0 Å². The maximum Gasteiger partial charge on any atom is 0.251 e. The highest BCUT2D eigenvalue weighted by molar-refractivity contribution is 5.94. The van der Waals surface area contributed by atoms with Crippen molar-refractivity contribution in [3.8, 4) is 0 Å². The fourth-order valence-corrected chi connectivity index (χ4v) is 4.24. The van der Waals surface area contributed by atoms with E-state index >= 15 is 0 Å². The number of hydrogen-bond acceptors (Lipinski definition) is 3. The molecule has 2 aromatic rings. The Bertz CT molecular complexity index is 809. The normalized spacial score (nSPS) is 22.4. The number of amides is 2. The summed E-state index contributed by atoms with van der Waals surface area (Å²) in [5.41, 5.74) is 1.56. The van der Waals surface area contributed by atoms with Crippen molar-refractivity contribution < 1.29 is 9.59 Å². The number of nitrogens with one attached hydrogen (secondary N) is 2. The van der Waals surface area contributed by atoms with Gasteiger partial charge in [-0.05, 0) is 37.0 Å². The first-order valence-corrected chi connectivity index (χ1v) is 10.1. The highest BCUT2D eigenvalue weighted by atomic mass is 16.2. The molecule has 4 rings (SSSR count). The van der Waals surface area contributed by atoms with Crippen LogP contribution in [0.4, 0.5) is 0 Å². The van der Waals surface area contributed by atoms with Crippen molar-refractivity contribution in [1.29, 1.82) is 0 Å². The lowest BCUT2D eigenvalue weighted by atomic mass is 10.0. The van der Waals surface area contributed by atoms with Gasteiger partial charge in [0.1, 0.15) is 0 Å². The lowest BCUT2D eigenvalue weighted by molar-refractivity contribution is -0.132. The third-order valence-corrected chi connectivity index (χ3v) is 5.80. The molecule has 2 amide bonds. The summed E-state index contributed by atoms with van der Waals surface area (Å²) < 4.78 is 0. The zero-order valence-corrected chi connectivity index (χ0v) is 16.0. The van der Waals surface area contributed by atoms with Crippen molar-refractivity contribution in [2.24, 2.45) is 0 Å². The van der Waals surface area contributed by atoms with Gasteiger partial charge in [0.25, 0.3) is 5.91 Å². The van der Waals surface area contributed by atoms with Gasteiger partial charge in [0.15, 0.2) is 0 Å². The molecule has 5 nitrogen and oxygen atoms in total. The zero-order valence-electron chi connectivity index (χ0n) is 16.0. The van der Waals surface area contributed by atoms with E-state index in [0.717, 1.165) is 31.5 Å². The molecule has 146 valence electrons. The Morgan fingerprint density at radius 2 is 1.64 bits per heavy atom. The van der Waals surface area contributed by atoms with Crippen LogP contribution in [0.2, 0.25) is 0 Å². The monoisotopic (exact) mass is 377 g/mol. The molecule has 0 aromatic heterocycles. The Hall–Kier alpha value is -2.66. The minimum Gasteiger partial charge on any atom is -0.345 e. The molecular formula is C23H27N3O2. The number of fused-ring (bicyclic) bond motifs is 2. The molecule has 3 unspecified atom stereocenters. The SMILES string of the molecule is O=C(NC(CC(=O)N1CCC2CCC(C1)N2)c1ccccc1)c1ccccc1. The van der Waals surface area contributed by atoms with E-state index < -0.39 is 0 Å². The number of hydrogen-bond donors (Lipinski definition) is 2. The fraction of sp³-hybridized carbons (Fsp3) is 0.391. The average Bonchev–Trinajstić information content (AvgIpc) is 3.07. The first-order valence-electron chi connectivity index (χ1n) is 10.1. The van der Waals surface area contributed by atoms with E-state index in [4.69, 9.17) is 0 Å². The largest absolute Gasteiger partial charge is 0.345 e. The molecule has 3 atom stereocenters. The minimum atomic E-state index is -0.338. The molecule has 2 bridgehead atoms. The van der Waals surface area contributed by atoms with E-state index in [2.05, 4.69) is 10.6 Å². The van der Waals surface area contributed by atoms with Crippen molar-refractivity contribution >= 4 is 11.8 Å². The molecule has 2 fully saturated rings. The van der Waals surface area contributed by atoms with Crippen LogP contribution in [-0.2, 0) is 4.79 Å². The van der Waals surface area contributed by atoms with Crippen molar-refractivity contribution in [3.63, 3.8) is 0 Å². The smallest absolute Gasteiger partial charge is 0.251 e. The third-order valence-electron chi connectivity index (χ3n) is 5.80. The number of rotatable bonds is 5. The third kappa shape index (κ3) is 4.42. The molecule has 2 saturated heterocycles. The minimum absolute atomic E-state index is 0.108. The van der Waals surface area contributed by atoms with Gasteiger partial charge in [0, 0.05) is 30.7 Å². The van der Waals surface area contributed by atoms with E-state index in [9.17, 15) is 9.59 Å². The van der Waals surface area contributed by atoms with Gasteiger partial charge < -0.3 is 15.5 Å². The summed E-state index contributed by atoms with van der Waals surface area (Å²) in [4.78, 5) is 27.7. The molecule has 2 aromatic carbocycles. The standard InChI is InChI=1S/C23H27N3O2/c27-22(26-14-13-19-11-12-20(16-26)24-19)15-21(17-7-3-1-4-8-17)25-23(28)18-9-5-2-6-10-18/h1-10,19-21,24H,11-16H2,(H,25,28). The van der Waals surface area contributed by atoms with Gasteiger partial charge in [-0.2, -0.15) is 0 Å². The quantitative estimate of drug-likeness (QED) is 0.842. The number of likely N-dealkylation sites (tertiary alicyclic amines) is 1. The summed E-state index contributed by atoms with van der Waals surface area (Å²) in [5.74, 6) is -0.0459. The Labute approximate surface area is 166 Å². The van der Waals surface area contributed by atoms with E-state index in [1.807, 2.05) is 53.4 Å². The van der Waals surface area contributed by atoms with Gasteiger partial charge >= 0.3 is 0 Å². The van der Waals surface area contributed by atoms with Crippen LogP contribution in [0.25, 0.3) is 0 Å². The van der Waals surface area contributed by atoms with E-state index in [1.54, 1.807) is 12.1 Å².